The summed E-state index contributed by atoms with van der Waals surface area (Å²) in [4.78, 5) is 2.88. The molecule has 0 aliphatic carbocycles. The Hall–Kier alpha value is -1.71. The van der Waals surface area contributed by atoms with E-state index in [2.05, 4.69) is 4.98 Å². The van der Waals surface area contributed by atoms with Crippen LogP contribution in [-0.4, -0.2) is 4.98 Å². The Balaban J connectivity index is 3.46. The molecule has 0 saturated carbocycles. The van der Waals surface area contributed by atoms with Crippen LogP contribution in [0, 0.1) is 18.3 Å². The summed E-state index contributed by atoms with van der Waals surface area (Å²) in [5.41, 5.74) is -3.28. The largest absolute Gasteiger partial charge is 0.433 e. The third-order valence-corrected chi connectivity index (χ3v) is 1.88. The maximum atomic E-state index is 12.4. The fourth-order valence-corrected chi connectivity index (χ4v) is 1.19. The van der Waals surface area contributed by atoms with Crippen molar-refractivity contribution in [2.45, 2.75) is 19.5 Å². The van der Waals surface area contributed by atoms with E-state index in [1.165, 1.54) is 6.07 Å². The van der Waals surface area contributed by atoms with Gasteiger partial charge in [-0.1, -0.05) is 0 Å². The molecule has 0 N–H and O–H groups in total. The molecule has 0 atom stereocenters. The third kappa shape index (κ3) is 2.27. The van der Waals surface area contributed by atoms with Gasteiger partial charge in [0.15, 0.2) is 0 Å². The molecule has 0 spiro atoms. The molecule has 0 saturated heterocycles. The Morgan fingerprint density at radius 1 is 1.38 bits per heavy atom. The summed E-state index contributed by atoms with van der Waals surface area (Å²) in [5, 5.41) is 8.47. The molecule has 0 fully saturated rings. The van der Waals surface area contributed by atoms with Crippen molar-refractivity contribution < 1.29 is 22.0 Å². The van der Waals surface area contributed by atoms with Crippen LogP contribution < -0.4 is 0 Å². The van der Waals surface area contributed by atoms with Gasteiger partial charge in [0.25, 0.3) is 6.43 Å². The van der Waals surface area contributed by atoms with Crippen LogP contribution in [0.3, 0.4) is 0 Å². The van der Waals surface area contributed by atoms with E-state index in [9.17, 15) is 22.0 Å². The smallest absolute Gasteiger partial charge is 0.232 e. The molecular weight excluding hydrogens is 231 g/mol. The maximum absolute atomic E-state index is 12.4. The van der Waals surface area contributed by atoms with Crippen molar-refractivity contribution in [1.29, 1.82) is 5.26 Å². The monoisotopic (exact) mass is 236 g/mol. The first kappa shape index (κ1) is 12.4. The van der Waals surface area contributed by atoms with Crippen LogP contribution in [0.1, 0.15) is 28.9 Å². The van der Waals surface area contributed by atoms with E-state index >= 15 is 0 Å². The standard InChI is InChI=1S/C9H5F5N2/c1-4-2-6(9(12,13)14)16-5(3-15)7(4)8(10)11/h2,8H,1H3. The summed E-state index contributed by atoms with van der Waals surface area (Å²) in [6.45, 7) is 1.08. The number of aromatic nitrogens is 1. The number of aryl methyl sites for hydroxylation is 1. The van der Waals surface area contributed by atoms with Crippen molar-refractivity contribution >= 4 is 0 Å². The van der Waals surface area contributed by atoms with Crippen LogP contribution in [-0.2, 0) is 6.18 Å². The normalized spacial score (nSPS) is 11.6. The lowest BCUT2D eigenvalue weighted by molar-refractivity contribution is -0.141. The molecule has 0 amide bonds. The van der Waals surface area contributed by atoms with E-state index in [1.54, 1.807) is 0 Å². The van der Waals surface area contributed by atoms with Gasteiger partial charge in [0.2, 0.25) is 0 Å². The zero-order valence-corrected chi connectivity index (χ0v) is 7.94. The molecule has 1 heterocycles. The Morgan fingerprint density at radius 3 is 2.31 bits per heavy atom. The van der Waals surface area contributed by atoms with Gasteiger partial charge in [-0.3, -0.25) is 0 Å². The number of rotatable bonds is 1. The van der Waals surface area contributed by atoms with E-state index in [0.29, 0.717) is 6.07 Å². The highest BCUT2D eigenvalue weighted by atomic mass is 19.4. The quantitative estimate of drug-likeness (QED) is 0.702. The highest BCUT2D eigenvalue weighted by molar-refractivity contribution is 5.40. The van der Waals surface area contributed by atoms with Crippen LogP contribution in [0.2, 0.25) is 0 Å². The molecule has 16 heavy (non-hydrogen) atoms. The summed E-state index contributed by atoms with van der Waals surface area (Å²) in [5.74, 6) is 0. The van der Waals surface area contributed by atoms with Gasteiger partial charge >= 0.3 is 6.18 Å². The number of nitrogens with zero attached hydrogens (tertiary/aromatic N) is 2. The molecule has 1 aromatic heterocycles. The van der Waals surface area contributed by atoms with Gasteiger partial charge in [0, 0.05) is 0 Å². The van der Waals surface area contributed by atoms with E-state index < -0.39 is 29.6 Å². The summed E-state index contributed by atoms with van der Waals surface area (Å²) < 4.78 is 61.6. The molecule has 0 aliphatic rings. The predicted molar refractivity (Wildman–Crippen MR) is 43.6 cm³/mol. The van der Waals surface area contributed by atoms with Gasteiger partial charge in [-0.05, 0) is 18.6 Å². The minimum Gasteiger partial charge on any atom is -0.232 e. The van der Waals surface area contributed by atoms with Crippen LogP contribution in [0.25, 0.3) is 0 Å². The van der Waals surface area contributed by atoms with Gasteiger partial charge in [-0.25, -0.2) is 13.8 Å². The summed E-state index contributed by atoms with van der Waals surface area (Å²) in [7, 11) is 0. The van der Waals surface area contributed by atoms with Gasteiger partial charge in [-0.2, -0.15) is 18.4 Å². The second-order valence-corrected chi connectivity index (χ2v) is 3.00. The highest BCUT2D eigenvalue weighted by Gasteiger charge is 2.34. The first-order valence-electron chi connectivity index (χ1n) is 4.04. The van der Waals surface area contributed by atoms with E-state index in [4.69, 9.17) is 5.26 Å². The second-order valence-electron chi connectivity index (χ2n) is 3.00. The fourth-order valence-electron chi connectivity index (χ4n) is 1.19. The van der Waals surface area contributed by atoms with Crippen LogP contribution in [0.15, 0.2) is 6.07 Å². The van der Waals surface area contributed by atoms with Gasteiger partial charge in [0.05, 0.1) is 5.56 Å². The molecule has 2 nitrogen and oxygen atoms in total. The minimum absolute atomic E-state index is 0.297. The molecule has 7 heteroatoms. The fraction of sp³-hybridized carbons (Fsp3) is 0.333. The first-order chi connectivity index (χ1) is 7.27. The zero-order chi connectivity index (χ0) is 12.5. The Labute approximate surface area is 87.3 Å². The van der Waals surface area contributed by atoms with Crippen LogP contribution in [0.4, 0.5) is 22.0 Å². The average Bonchev–Trinajstić information content (AvgIpc) is 2.14. The van der Waals surface area contributed by atoms with Crippen molar-refractivity contribution in [3.05, 3.63) is 28.6 Å². The predicted octanol–water partition coefficient (Wildman–Crippen LogP) is 3.22. The zero-order valence-electron chi connectivity index (χ0n) is 7.94. The lowest BCUT2D eigenvalue weighted by Crippen LogP contribution is -2.11. The van der Waals surface area contributed by atoms with E-state index in [-0.39, 0.29) is 5.56 Å². The van der Waals surface area contributed by atoms with Crippen molar-refractivity contribution in [2.24, 2.45) is 0 Å². The number of halogens is 5. The van der Waals surface area contributed by atoms with Gasteiger partial charge in [-0.15, -0.1) is 0 Å². The number of hydrogen-bond donors (Lipinski definition) is 0. The Bertz CT molecular complexity index is 444. The lowest BCUT2D eigenvalue weighted by atomic mass is 10.1. The van der Waals surface area contributed by atoms with Crippen LogP contribution in [0.5, 0.6) is 0 Å². The molecule has 0 aromatic carbocycles. The second kappa shape index (κ2) is 4.04. The van der Waals surface area contributed by atoms with E-state index in [1.807, 2.05) is 0 Å². The molecular formula is C9H5F5N2. The van der Waals surface area contributed by atoms with Crippen molar-refractivity contribution in [2.75, 3.05) is 0 Å². The highest BCUT2D eigenvalue weighted by Crippen LogP contribution is 2.32. The molecule has 1 aromatic rings. The topological polar surface area (TPSA) is 36.7 Å². The Kier molecular flexibility index (Phi) is 3.12. The number of pyridine rings is 1. The lowest BCUT2D eigenvalue weighted by Gasteiger charge is -2.11. The SMILES string of the molecule is Cc1cc(C(F)(F)F)nc(C#N)c1C(F)F. The van der Waals surface area contributed by atoms with Crippen LogP contribution >= 0.6 is 0 Å². The summed E-state index contributed by atoms with van der Waals surface area (Å²) in [6.07, 6.45) is -7.78. The number of nitriles is 1. The number of alkyl halides is 5. The molecule has 86 valence electrons. The first-order valence-corrected chi connectivity index (χ1v) is 4.04. The summed E-state index contributed by atoms with van der Waals surface area (Å²) >= 11 is 0. The molecule has 0 bridgehead atoms. The van der Waals surface area contributed by atoms with Gasteiger partial charge < -0.3 is 0 Å². The minimum atomic E-state index is -4.75. The maximum Gasteiger partial charge on any atom is 0.433 e. The molecule has 1 rings (SSSR count). The third-order valence-electron chi connectivity index (χ3n) is 1.88. The number of hydrogen-bond acceptors (Lipinski definition) is 2. The molecule has 0 unspecified atom stereocenters. The average molecular weight is 236 g/mol. The molecule has 0 radical (unpaired) electrons. The van der Waals surface area contributed by atoms with Crippen molar-refractivity contribution in [1.82, 2.24) is 4.98 Å². The molecule has 0 aliphatic heterocycles. The van der Waals surface area contributed by atoms with Gasteiger partial charge in [0.1, 0.15) is 17.5 Å². The van der Waals surface area contributed by atoms with E-state index in [0.717, 1.165) is 6.92 Å². The Morgan fingerprint density at radius 2 is 1.94 bits per heavy atom. The summed E-state index contributed by atoms with van der Waals surface area (Å²) in [6, 6.07) is 1.74. The van der Waals surface area contributed by atoms with Crippen molar-refractivity contribution in [3.8, 4) is 6.07 Å². The van der Waals surface area contributed by atoms with Crippen molar-refractivity contribution in [3.63, 3.8) is 0 Å².